The molecule has 1 aromatic heterocycles. The predicted octanol–water partition coefficient (Wildman–Crippen LogP) is 2.40. The monoisotopic (exact) mass is 390 g/mol. The molecule has 0 aromatic carbocycles. The Morgan fingerprint density at radius 2 is 2.15 bits per heavy atom. The van der Waals surface area contributed by atoms with Crippen molar-refractivity contribution in [3.8, 4) is 0 Å². The van der Waals surface area contributed by atoms with E-state index in [1.165, 1.54) is 0 Å². The fourth-order valence-electron chi connectivity index (χ4n) is 2.46. The van der Waals surface area contributed by atoms with E-state index in [1.54, 1.807) is 0 Å². The summed E-state index contributed by atoms with van der Waals surface area (Å²) < 4.78 is 6.82. The van der Waals surface area contributed by atoms with Crippen LogP contribution in [0.4, 0.5) is 5.82 Å². The minimum Gasteiger partial charge on any atom is -0.383 e. The van der Waals surface area contributed by atoms with Gasteiger partial charge in [-0.3, -0.25) is 4.90 Å². The van der Waals surface area contributed by atoms with E-state index in [4.69, 9.17) is 15.5 Å². The third kappa shape index (κ3) is 3.79. The number of rotatable bonds is 5. The number of morpholine rings is 1. The molecule has 6 heteroatoms. The topological polar surface area (TPSA) is 64.3 Å². The number of anilines is 1. The Balaban J connectivity index is 2.19. The third-order valence-corrected chi connectivity index (χ3v) is 4.60. The van der Waals surface area contributed by atoms with Gasteiger partial charge in [0.1, 0.15) is 11.9 Å². The second kappa shape index (κ2) is 7.51. The van der Waals surface area contributed by atoms with Crippen molar-refractivity contribution in [1.29, 1.82) is 0 Å². The largest absolute Gasteiger partial charge is 0.383 e. The number of halogens is 1. The highest BCUT2D eigenvalue weighted by Crippen LogP contribution is 2.24. The van der Waals surface area contributed by atoms with Crippen molar-refractivity contribution >= 4 is 28.4 Å². The molecule has 1 atom stereocenters. The average Bonchev–Trinajstić information content (AvgIpc) is 2.44. The first kappa shape index (κ1) is 15.9. The summed E-state index contributed by atoms with van der Waals surface area (Å²) in [6.45, 7) is 8.04. The predicted molar refractivity (Wildman–Crippen MR) is 88.6 cm³/mol. The Morgan fingerprint density at radius 1 is 1.35 bits per heavy atom. The van der Waals surface area contributed by atoms with Gasteiger partial charge in [-0.25, -0.2) is 9.97 Å². The van der Waals surface area contributed by atoms with Gasteiger partial charge in [0, 0.05) is 13.1 Å². The molecule has 112 valence electrons. The minimum atomic E-state index is -0.0507. The lowest BCUT2D eigenvalue weighted by atomic mass is 10.2. The van der Waals surface area contributed by atoms with Crippen molar-refractivity contribution in [2.45, 2.75) is 39.2 Å². The van der Waals surface area contributed by atoms with Gasteiger partial charge >= 0.3 is 0 Å². The fraction of sp³-hybridized carbons (Fsp3) is 0.714. The van der Waals surface area contributed by atoms with Crippen LogP contribution in [0.3, 0.4) is 0 Å². The molecule has 2 heterocycles. The second-order valence-corrected chi connectivity index (χ2v) is 6.22. The van der Waals surface area contributed by atoms with Gasteiger partial charge in [-0.2, -0.15) is 0 Å². The molecular formula is C14H23IN4O. The van der Waals surface area contributed by atoms with Crippen LogP contribution in [0.2, 0.25) is 0 Å². The molecule has 20 heavy (non-hydrogen) atoms. The fourth-order valence-corrected chi connectivity index (χ4v) is 2.97. The van der Waals surface area contributed by atoms with E-state index in [9.17, 15) is 0 Å². The molecule has 0 saturated carbocycles. The first-order chi connectivity index (χ1) is 9.65. The van der Waals surface area contributed by atoms with Gasteiger partial charge in [0.2, 0.25) is 0 Å². The molecular weight excluding hydrogens is 367 g/mol. The lowest BCUT2D eigenvalue weighted by Crippen LogP contribution is -2.39. The number of ether oxygens (including phenoxy) is 1. The first-order valence-electron chi connectivity index (χ1n) is 7.31. The van der Waals surface area contributed by atoms with Crippen molar-refractivity contribution in [1.82, 2.24) is 14.9 Å². The smallest absolute Gasteiger partial charge is 0.161 e. The Morgan fingerprint density at radius 3 is 2.85 bits per heavy atom. The van der Waals surface area contributed by atoms with Crippen LogP contribution in [0.25, 0.3) is 0 Å². The summed E-state index contributed by atoms with van der Waals surface area (Å²) in [7, 11) is 0. The number of nitrogens with two attached hydrogens (primary N) is 1. The molecule has 1 unspecified atom stereocenters. The first-order valence-corrected chi connectivity index (χ1v) is 8.39. The van der Waals surface area contributed by atoms with Crippen LogP contribution in [0, 0.1) is 3.57 Å². The van der Waals surface area contributed by atoms with Gasteiger partial charge in [0.25, 0.3) is 0 Å². The highest BCUT2D eigenvalue weighted by molar-refractivity contribution is 14.1. The van der Waals surface area contributed by atoms with Gasteiger partial charge in [0.05, 0.1) is 15.9 Å². The zero-order chi connectivity index (χ0) is 14.5. The quantitative estimate of drug-likeness (QED) is 0.783. The SMILES string of the molecule is CCCc1nc(C2CN(CCC)CCO2)nc(N)c1I. The van der Waals surface area contributed by atoms with E-state index in [-0.39, 0.29) is 6.10 Å². The lowest BCUT2D eigenvalue weighted by Gasteiger charge is -2.32. The van der Waals surface area contributed by atoms with Gasteiger partial charge in [0.15, 0.2) is 5.82 Å². The summed E-state index contributed by atoms with van der Waals surface area (Å²) >= 11 is 2.23. The zero-order valence-electron chi connectivity index (χ0n) is 12.2. The van der Waals surface area contributed by atoms with E-state index < -0.39 is 0 Å². The molecule has 0 bridgehead atoms. The van der Waals surface area contributed by atoms with Gasteiger partial charge in [-0.15, -0.1) is 0 Å². The molecule has 0 radical (unpaired) electrons. The van der Waals surface area contributed by atoms with Crippen LogP contribution < -0.4 is 5.73 Å². The molecule has 1 aliphatic rings. The van der Waals surface area contributed by atoms with E-state index in [0.29, 0.717) is 5.82 Å². The van der Waals surface area contributed by atoms with Gasteiger partial charge < -0.3 is 10.5 Å². The lowest BCUT2D eigenvalue weighted by molar-refractivity contribution is -0.0342. The van der Waals surface area contributed by atoms with Gasteiger partial charge in [-0.1, -0.05) is 20.3 Å². The number of hydrogen-bond donors (Lipinski definition) is 1. The molecule has 1 fully saturated rings. The van der Waals surface area contributed by atoms with E-state index in [1.807, 2.05) is 0 Å². The van der Waals surface area contributed by atoms with E-state index >= 15 is 0 Å². The molecule has 5 nitrogen and oxygen atoms in total. The van der Waals surface area contributed by atoms with Crippen molar-refractivity contribution in [3.63, 3.8) is 0 Å². The maximum absolute atomic E-state index is 6.02. The van der Waals surface area contributed by atoms with Crippen LogP contribution in [0.5, 0.6) is 0 Å². The summed E-state index contributed by atoms with van der Waals surface area (Å²) in [6.07, 6.45) is 3.09. The summed E-state index contributed by atoms with van der Waals surface area (Å²) in [5.74, 6) is 1.32. The second-order valence-electron chi connectivity index (χ2n) is 5.14. The highest BCUT2D eigenvalue weighted by atomic mass is 127. The highest BCUT2D eigenvalue weighted by Gasteiger charge is 2.25. The maximum atomic E-state index is 6.02. The summed E-state index contributed by atoms with van der Waals surface area (Å²) in [5.41, 5.74) is 7.07. The molecule has 0 spiro atoms. The number of hydrogen-bond acceptors (Lipinski definition) is 5. The van der Waals surface area contributed by atoms with E-state index in [0.717, 1.165) is 60.6 Å². The van der Waals surface area contributed by atoms with Crippen molar-refractivity contribution in [2.24, 2.45) is 0 Å². The average molecular weight is 390 g/mol. The zero-order valence-corrected chi connectivity index (χ0v) is 14.4. The van der Waals surface area contributed by atoms with Crippen molar-refractivity contribution < 1.29 is 4.74 Å². The summed E-state index contributed by atoms with van der Waals surface area (Å²) in [5, 5.41) is 0. The number of aromatic nitrogens is 2. The number of nitrogen functional groups attached to an aromatic ring is 1. The Labute approximate surface area is 134 Å². The van der Waals surface area contributed by atoms with Crippen LogP contribution in [0.1, 0.15) is 44.3 Å². The summed E-state index contributed by atoms with van der Waals surface area (Å²) in [4.78, 5) is 11.5. The maximum Gasteiger partial charge on any atom is 0.161 e. The molecule has 0 amide bonds. The normalized spacial score (nSPS) is 20.2. The van der Waals surface area contributed by atoms with E-state index in [2.05, 4.69) is 46.3 Å². The van der Waals surface area contributed by atoms with Gasteiger partial charge in [-0.05, 0) is 42.0 Å². The van der Waals surface area contributed by atoms with Crippen LogP contribution in [0.15, 0.2) is 0 Å². The molecule has 1 saturated heterocycles. The number of nitrogens with zero attached hydrogens (tertiary/aromatic N) is 3. The molecule has 0 aliphatic carbocycles. The van der Waals surface area contributed by atoms with Crippen molar-refractivity contribution in [2.75, 3.05) is 32.0 Å². The van der Waals surface area contributed by atoms with Crippen LogP contribution in [-0.2, 0) is 11.2 Å². The minimum absolute atomic E-state index is 0.0507. The molecule has 2 rings (SSSR count). The Kier molecular flexibility index (Phi) is 5.98. The Bertz CT molecular complexity index is 453. The molecule has 1 aromatic rings. The molecule has 1 aliphatic heterocycles. The Hall–Kier alpha value is -0.470. The standard InChI is InChI=1S/C14H23IN4O/c1-3-5-10-12(15)13(16)18-14(17-10)11-9-19(6-4-2)7-8-20-11/h11H,3-9H2,1-2H3,(H2,16,17,18). The van der Waals surface area contributed by atoms with Crippen LogP contribution >= 0.6 is 22.6 Å². The molecule has 2 N–H and O–H groups in total. The third-order valence-electron chi connectivity index (χ3n) is 3.43. The summed E-state index contributed by atoms with van der Waals surface area (Å²) in [6, 6.07) is 0. The number of aryl methyl sites for hydroxylation is 1. The van der Waals surface area contributed by atoms with Crippen molar-refractivity contribution in [3.05, 3.63) is 15.1 Å². The van der Waals surface area contributed by atoms with Crippen LogP contribution in [-0.4, -0.2) is 41.1 Å².